The first-order chi connectivity index (χ1) is 19.9. The van der Waals surface area contributed by atoms with Crippen LogP contribution in [0, 0.1) is 5.82 Å². The molecule has 1 aliphatic carbocycles. The van der Waals surface area contributed by atoms with E-state index in [9.17, 15) is 14.0 Å². The Balaban J connectivity index is 1.47. The highest BCUT2D eigenvalue weighted by Crippen LogP contribution is 2.28. The molecule has 0 aliphatic heterocycles. The molecular weight excluding hydrogens is 547 g/mol. The van der Waals surface area contributed by atoms with Crippen LogP contribution >= 0.6 is 11.6 Å². The highest BCUT2D eigenvalue weighted by molar-refractivity contribution is 6.31. The van der Waals surface area contributed by atoms with E-state index >= 15 is 0 Å². The van der Waals surface area contributed by atoms with E-state index in [1.807, 2.05) is 6.07 Å². The van der Waals surface area contributed by atoms with Crippen molar-refractivity contribution < 1.29 is 18.7 Å². The van der Waals surface area contributed by atoms with Gasteiger partial charge in [0.1, 0.15) is 24.2 Å². The van der Waals surface area contributed by atoms with Crippen LogP contribution in [0.25, 0.3) is 11.4 Å². The molecule has 41 heavy (non-hydrogen) atoms. The zero-order valence-corrected chi connectivity index (χ0v) is 23.3. The van der Waals surface area contributed by atoms with Crippen LogP contribution in [-0.2, 0) is 22.7 Å². The molecule has 212 valence electrons. The van der Waals surface area contributed by atoms with Crippen LogP contribution in [0.15, 0.2) is 72.8 Å². The molecule has 2 amide bonds. The highest BCUT2D eigenvalue weighted by Gasteiger charge is 2.34. The summed E-state index contributed by atoms with van der Waals surface area (Å²) in [5, 5.41) is 16.1. The first-order valence-electron chi connectivity index (χ1n) is 13.4. The number of nitrogens with one attached hydrogen (secondary N) is 1. The van der Waals surface area contributed by atoms with Gasteiger partial charge < -0.3 is 15.0 Å². The van der Waals surface area contributed by atoms with Crippen molar-refractivity contribution in [2.75, 3.05) is 7.11 Å². The fourth-order valence-electron chi connectivity index (χ4n) is 4.98. The molecule has 0 radical (unpaired) electrons. The third kappa shape index (κ3) is 6.89. The number of ether oxygens (including phenoxy) is 1. The molecule has 1 fully saturated rings. The van der Waals surface area contributed by atoms with Crippen LogP contribution in [-0.4, -0.2) is 50.1 Å². The van der Waals surface area contributed by atoms with Crippen molar-refractivity contribution >= 4 is 23.4 Å². The Bertz CT molecular complexity index is 1490. The van der Waals surface area contributed by atoms with Crippen LogP contribution < -0.4 is 10.1 Å². The van der Waals surface area contributed by atoms with E-state index in [0.29, 0.717) is 33.3 Å². The smallest absolute Gasteiger partial charge is 0.247 e. The zero-order chi connectivity index (χ0) is 28.8. The number of hydrogen-bond donors (Lipinski definition) is 1. The Hall–Kier alpha value is -4.31. The van der Waals surface area contributed by atoms with Gasteiger partial charge in [-0.1, -0.05) is 54.8 Å². The lowest BCUT2D eigenvalue weighted by Crippen LogP contribution is -2.46. The van der Waals surface area contributed by atoms with Crippen molar-refractivity contribution in [2.45, 2.75) is 50.9 Å². The highest BCUT2D eigenvalue weighted by atomic mass is 35.5. The number of tetrazole rings is 1. The lowest BCUT2D eigenvalue weighted by molar-refractivity contribution is -0.142. The number of amides is 2. The lowest BCUT2D eigenvalue weighted by Gasteiger charge is -2.32. The molecule has 0 bridgehead atoms. The second-order valence-electron chi connectivity index (χ2n) is 9.93. The van der Waals surface area contributed by atoms with Crippen molar-refractivity contribution in [2.24, 2.45) is 0 Å². The maximum absolute atomic E-state index is 14.0. The van der Waals surface area contributed by atoms with Gasteiger partial charge in [0.15, 0.2) is 0 Å². The maximum atomic E-state index is 14.0. The van der Waals surface area contributed by atoms with E-state index in [1.165, 1.54) is 34.0 Å². The normalized spacial score (nSPS) is 14.0. The van der Waals surface area contributed by atoms with Gasteiger partial charge in [0.05, 0.1) is 7.11 Å². The van der Waals surface area contributed by atoms with Crippen molar-refractivity contribution in [1.29, 1.82) is 0 Å². The standard InChI is InChI=1S/C30H30ClFN6O3/c1-41-25-16-12-21(13-17-25)29-34-36-38(35-29)19-27(39)37(18-22-6-2-5-9-26(22)31)28(20-10-14-23(32)15-11-20)30(40)33-24-7-3-4-8-24/h2,5-6,9-17,24,28H,3-4,7-8,18-19H2,1H3,(H,33,40). The molecule has 0 saturated heterocycles. The molecule has 1 aliphatic rings. The van der Waals surface area contributed by atoms with E-state index in [0.717, 1.165) is 25.7 Å². The Morgan fingerprint density at radius 3 is 2.46 bits per heavy atom. The van der Waals surface area contributed by atoms with Gasteiger partial charge in [-0.3, -0.25) is 9.59 Å². The monoisotopic (exact) mass is 576 g/mol. The molecule has 1 unspecified atom stereocenters. The summed E-state index contributed by atoms with van der Waals surface area (Å²) in [7, 11) is 1.58. The molecule has 11 heteroatoms. The molecule has 1 aromatic heterocycles. The first kappa shape index (κ1) is 28.2. The van der Waals surface area contributed by atoms with Gasteiger partial charge in [-0.05, 0) is 71.6 Å². The molecule has 5 rings (SSSR count). The van der Waals surface area contributed by atoms with Crippen molar-refractivity contribution in [3.05, 3.63) is 94.8 Å². The molecule has 1 N–H and O–H groups in total. The zero-order valence-electron chi connectivity index (χ0n) is 22.5. The van der Waals surface area contributed by atoms with Gasteiger partial charge in [0.25, 0.3) is 0 Å². The Morgan fingerprint density at radius 2 is 1.78 bits per heavy atom. The van der Waals surface area contributed by atoms with Gasteiger partial charge >= 0.3 is 0 Å². The summed E-state index contributed by atoms with van der Waals surface area (Å²) in [6.07, 6.45) is 3.81. The summed E-state index contributed by atoms with van der Waals surface area (Å²) < 4.78 is 19.1. The summed E-state index contributed by atoms with van der Waals surface area (Å²) in [5.41, 5.74) is 1.85. The molecule has 4 aromatic rings. The Kier molecular flexibility index (Phi) is 8.88. The van der Waals surface area contributed by atoms with Gasteiger partial charge in [-0.15, -0.1) is 10.2 Å². The molecule has 1 heterocycles. The number of methoxy groups -OCH3 is 1. The number of halogens is 2. The Morgan fingerprint density at radius 1 is 1.07 bits per heavy atom. The predicted molar refractivity (Wildman–Crippen MR) is 151 cm³/mol. The first-order valence-corrected chi connectivity index (χ1v) is 13.8. The van der Waals surface area contributed by atoms with Crippen LogP contribution in [0.5, 0.6) is 5.75 Å². The summed E-state index contributed by atoms with van der Waals surface area (Å²) in [4.78, 5) is 30.4. The van der Waals surface area contributed by atoms with Crippen molar-refractivity contribution in [3.63, 3.8) is 0 Å². The molecule has 3 aromatic carbocycles. The number of hydrogen-bond acceptors (Lipinski definition) is 6. The van der Waals surface area contributed by atoms with E-state index in [2.05, 4.69) is 20.7 Å². The minimum Gasteiger partial charge on any atom is -0.497 e. The van der Waals surface area contributed by atoms with Gasteiger partial charge in [0.2, 0.25) is 17.6 Å². The number of aromatic nitrogens is 4. The van der Waals surface area contributed by atoms with Gasteiger partial charge in [0, 0.05) is 23.2 Å². The third-order valence-corrected chi connectivity index (χ3v) is 7.51. The summed E-state index contributed by atoms with van der Waals surface area (Å²) in [6.45, 7) is -0.235. The number of nitrogens with zero attached hydrogens (tertiary/aromatic N) is 5. The van der Waals surface area contributed by atoms with E-state index in [4.69, 9.17) is 16.3 Å². The molecule has 9 nitrogen and oxygen atoms in total. The van der Waals surface area contributed by atoms with E-state index in [-0.39, 0.29) is 25.0 Å². The fourth-order valence-corrected chi connectivity index (χ4v) is 5.17. The molecular formula is C30H30ClFN6O3. The summed E-state index contributed by atoms with van der Waals surface area (Å²) in [6, 6.07) is 18.9. The lowest BCUT2D eigenvalue weighted by atomic mass is 10.0. The second kappa shape index (κ2) is 12.9. The van der Waals surface area contributed by atoms with E-state index < -0.39 is 17.8 Å². The fraction of sp³-hybridized carbons (Fsp3) is 0.300. The van der Waals surface area contributed by atoms with Crippen LogP contribution in [0.3, 0.4) is 0 Å². The van der Waals surface area contributed by atoms with Crippen LogP contribution in [0.4, 0.5) is 4.39 Å². The number of carbonyl (C=O) groups excluding carboxylic acids is 2. The summed E-state index contributed by atoms with van der Waals surface area (Å²) >= 11 is 6.48. The minimum atomic E-state index is -1.04. The number of benzene rings is 3. The minimum absolute atomic E-state index is 0.0201. The average molecular weight is 577 g/mol. The summed E-state index contributed by atoms with van der Waals surface area (Å²) in [5.74, 6) is -0.180. The van der Waals surface area contributed by atoms with Gasteiger partial charge in [-0.2, -0.15) is 4.80 Å². The van der Waals surface area contributed by atoms with Crippen molar-refractivity contribution in [1.82, 2.24) is 30.4 Å². The van der Waals surface area contributed by atoms with Crippen LogP contribution in [0.1, 0.15) is 42.9 Å². The third-order valence-electron chi connectivity index (χ3n) is 7.14. The number of carbonyl (C=O) groups is 2. The largest absolute Gasteiger partial charge is 0.497 e. The maximum Gasteiger partial charge on any atom is 0.247 e. The average Bonchev–Trinajstić information content (AvgIpc) is 3.67. The quantitative estimate of drug-likeness (QED) is 0.286. The van der Waals surface area contributed by atoms with Crippen molar-refractivity contribution in [3.8, 4) is 17.1 Å². The molecule has 0 spiro atoms. The van der Waals surface area contributed by atoms with E-state index in [1.54, 1.807) is 49.6 Å². The van der Waals surface area contributed by atoms with Crippen LogP contribution in [0.2, 0.25) is 5.02 Å². The van der Waals surface area contributed by atoms with Gasteiger partial charge in [-0.25, -0.2) is 4.39 Å². The topological polar surface area (TPSA) is 102 Å². The SMILES string of the molecule is COc1ccc(-c2nnn(CC(=O)N(Cc3ccccc3Cl)C(C(=O)NC3CCCC3)c3ccc(F)cc3)n2)cc1. The Labute approximate surface area is 242 Å². The second-order valence-corrected chi connectivity index (χ2v) is 10.3. The molecule has 1 atom stereocenters. The molecule has 1 saturated carbocycles. The predicted octanol–water partition coefficient (Wildman–Crippen LogP) is 4.97. The number of rotatable bonds is 10.